The molecule has 1 aromatic heterocycles. The monoisotopic (exact) mass is 268 g/mol. The molecule has 0 aliphatic rings. The molecule has 1 rings (SSSR count). The minimum absolute atomic E-state index is 0.346. The maximum atomic E-state index is 11.1. The molecule has 0 aliphatic carbocycles. The molecule has 0 bridgehead atoms. The summed E-state index contributed by atoms with van der Waals surface area (Å²) in [7, 11) is 0. The van der Waals surface area contributed by atoms with Gasteiger partial charge in [-0.25, -0.2) is 0 Å². The summed E-state index contributed by atoms with van der Waals surface area (Å²) in [6.45, 7) is 9.74. The maximum Gasteiger partial charge on any atom is 0.307 e. The van der Waals surface area contributed by atoms with Crippen LogP contribution in [0.25, 0.3) is 0 Å². The molecular weight excluding hydrogens is 244 g/mol. The predicted molar refractivity (Wildman–Crippen MR) is 72.7 cm³/mol. The van der Waals surface area contributed by atoms with E-state index in [1.165, 1.54) is 0 Å². The number of hydrogen-bond acceptors (Lipinski definition) is 4. The lowest BCUT2D eigenvalue weighted by atomic mass is 9.97. The Morgan fingerprint density at radius 1 is 1.42 bits per heavy atom. The Kier molecular flexibility index (Phi) is 5.95. The highest BCUT2D eigenvalue weighted by Crippen LogP contribution is 2.11. The van der Waals surface area contributed by atoms with Gasteiger partial charge in [0.05, 0.1) is 23.9 Å². The van der Waals surface area contributed by atoms with Gasteiger partial charge >= 0.3 is 5.97 Å². The summed E-state index contributed by atoms with van der Waals surface area (Å²) in [5, 5.41) is 20.9. The number of nitrogens with one attached hydrogen (secondary N) is 1. The molecule has 0 radical (unpaired) electrons. The molecule has 1 unspecified atom stereocenters. The first-order chi connectivity index (χ1) is 8.93. The van der Waals surface area contributed by atoms with E-state index in [9.17, 15) is 4.79 Å². The molecule has 1 atom stereocenters. The Bertz CT molecular complexity index is 415. The Morgan fingerprint density at radius 3 is 2.58 bits per heavy atom. The van der Waals surface area contributed by atoms with Gasteiger partial charge in [0.2, 0.25) is 0 Å². The van der Waals surface area contributed by atoms with Crippen molar-refractivity contribution < 1.29 is 9.90 Å². The van der Waals surface area contributed by atoms with Crippen LogP contribution in [-0.2, 0) is 17.9 Å². The van der Waals surface area contributed by atoms with E-state index >= 15 is 0 Å². The largest absolute Gasteiger partial charge is 0.481 e. The lowest BCUT2D eigenvalue weighted by molar-refractivity contribution is -0.142. The molecule has 0 spiro atoms. The number of rotatable bonds is 8. The van der Waals surface area contributed by atoms with Gasteiger partial charge in [0.15, 0.2) is 0 Å². The summed E-state index contributed by atoms with van der Waals surface area (Å²) in [6.07, 6.45) is 0.683. The number of carboxylic acids is 1. The fourth-order valence-corrected chi connectivity index (χ4v) is 1.97. The molecule has 1 aromatic rings. The number of aromatic nitrogens is 3. The third kappa shape index (κ3) is 4.98. The summed E-state index contributed by atoms with van der Waals surface area (Å²) >= 11 is 0. The maximum absolute atomic E-state index is 11.1. The number of aliphatic carboxylic acids is 1. The van der Waals surface area contributed by atoms with Crippen molar-refractivity contribution in [2.45, 2.75) is 47.2 Å². The molecule has 6 heteroatoms. The minimum atomic E-state index is -0.741. The topological polar surface area (TPSA) is 80.0 Å². The first-order valence-electron chi connectivity index (χ1n) is 6.78. The number of carbonyl (C=O) groups is 1. The van der Waals surface area contributed by atoms with Gasteiger partial charge in [-0.3, -0.25) is 4.79 Å². The second kappa shape index (κ2) is 7.23. The van der Waals surface area contributed by atoms with E-state index in [4.69, 9.17) is 5.11 Å². The molecule has 0 saturated heterocycles. The number of carboxylic acid groups (broad SMARTS) is 1. The van der Waals surface area contributed by atoms with Crippen molar-refractivity contribution in [1.82, 2.24) is 20.3 Å². The van der Waals surface area contributed by atoms with Gasteiger partial charge in [-0.1, -0.05) is 13.8 Å². The van der Waals surface area contributed by atoms with Crippen molar-refractivity contribution >= 4 is 5.97 Å². The average Bonchev–Trinajstić information content (AvgIpc) is 2.68. The van der Waals surface area contributed by atoms with E-state index in [1.807, 2.05) is 27.7 Å². The molecule has 6 nitrogen and oxygen atoms in total. The van der Waals surface area contributed by atoms with Gasteiger partial charge in [0.25, 0.3) is 0 Å². The van der Waals surface area contributed by atoms with E-state index in [2.05, 4.69) is 15.5 Å². The van der Waals surface area contributed by atoms with Crippen LogP contribution in [0.15, 0.2) is 0 Å². The van der Waals surface area contributed by atoms with Gasteiger partial charge in [0, 0.05) is 13.1 Å². The molecule has 0 aliphatic heterocycles. The highest BCUT2D eigenvalue weighted by atomic mass is 16.4. The van der Waals surface area contributed by atoms with Crippen LogP contribution < -0.4 is 5.32 Å². The van der Waals surface area contributed by atoms with Crippen LogP contribution in [0, 0.1) is 18.8 Å². The Hall–Kier alpha value is -1.43. The van der Waals surface area contributed by atoms with Crippen molar-refractivity contribution in [3.63, 3.8) is 0 Å². The molecular formula is C13H24N4O2. The zero-order chi connectivity index (χ0) is 14.4. The van der Waals surface area contributed by atoms with Gasteiger partial charge < -0.3 is 10.4 Å². The van der Waals surface area contributed by atoms with Crippen molar-refractivity contribution in [1.29, 1.82) is 0 Å². The van der Waals surface area contributed by atoms with Crippen LogP contribution in [-0.4, -0.2) is 32.6 Å². The van der Waals surface area contributed by atoms with Crippen molar-refractivity contribution in [2.75, 3.05) is 6.54 Å². The fourth-order valence-electron chi connectivity index (χ4n) is 1.97. The molecule has 108 valence electrons. The van der Waals surface area contributed by atoms with Crippen molar-refractivity contribution in [2.24, 2.45) is 11.8 Å². The van der Waals surface area contributed by atoms with Crippen LogP contribution >= 0.6 is 0 Å². The summed E-state index contributed by atoms with van der Waals surface area (Å²) < 4.78 is 0. The molecule has 0 fully saturated rings. The van der Waals surface area contributed by atoms with E-state index in [0.717, 1.165) is 17.9 Å². The molecule has 0 aromatic carbocycles. The molecule has 1 heterocycles. The third-order valence-corrected chi connectivity index (χ3v) is 2.99. The Morgan fingerprint density at radius 2 is 2.11 bits per heavy atom. The van der Waals surface area contributed by atoms with Gasteiger partial charge in [-0.15, -0.1) is 0 Å². The first-order valence-corrected chi connectivity index (χ1v) is 6.78. The summed E-state index contributed by atoms with van der Waals surface area (Å²) in [5.74, 6) is -0.706. The quantitative estimate of drug-likeness (QED) is 0.746. The third-order valence-electron chi connectivity index (χ3n) is 2.99. The molecule has 2 N–H and O–H groups in total. The molecule has 0 amide bonds. The highest BCUT2D eigenvalue weighted by Gasteiger charge is 2.18. The standard InChI is InChI=1S/C13H24N4O2/c1-5-17-15-10(4)12(16-17)8-14-7-11(13(18)19)6-9(2)3/h9,11,14H,5-8H2,1-4H3,(H,18,19). The van der Waals surface area contributed by atoms with E-state index in [0.29, 0.717) is 25.4 Å². The van der Waals surface area contributed by atoms with Gasteiger partial charge in [-0.05, 0) is 26.2 Å². The van der Waals surface area contributed by atoms with Crippen LogP contribution in [0.2, 0.25) is 0 Å². The van der Waals surface area contributed by atoms with Crippen LogP contribution in [0.1, 0.15) is 38.6 Å². The second-order valence-electron chi connectivity index (χ2n) is 5.22. The smallest absolute Gasteiger partial charge is 0.307 e. The summed E-state index contributed by atoms with van der Waals surface area (Å²) in [6, 6.07) is 0. The lowest BCUT2D eigenvalue weighted by Crippen LogP contribution is -2.29. The Labute approximate surface area is 114 Å². The lowest BCUT2D eigenvalue weighted by Gasteiger charge is -2.14. The van der Waals surface area contributed by atoms with Gasteiger partial charge in [0.1, 0.15) is 0 Å². The Balaban J connectivity index is 2.47. The fraction of sp³-hybridized carbons (Fsp3) is 0.769. The molecule has 0 saturated carbocycles. The average molecular weight is 268 g/mol. The molecule has 19 heavy (non-hydrogen) atoms. The van der Waals surface area contributed by atoms with Crippen LogP contribution in [0.5, 0.6) is 0 Å². The van der Waals surface area contributed by atoms with E-state index in [1.54, 1.807) is 4.80 Å². The minimum Gasteiger partial charge on any atom is -0.481 e. The normalized spacial score (nSPS) is 12.9. The summed E-state index contributed by atoms with van der Waals surface area (Å²) in [5.41, 5.74) is 1.78. The number of nitrogens with zero attached hydrogens (tertiary/aromatic N) is 3. The zero-order valence-electron chi connectivity index (χ0n) is 12.2. The van der Waals surface area contributed by atoms with Gasteiger partial charge in [-0.2, -0.15) is 15.0 Å². The summed E-state index contributed by atoms with van der Waals surface area (Å²) in [4.78, 5) is 12.8. The zero-order valence-corrected chi connectivity index (χ0v) is 12.2. The number of hydrogen-bond donors (Lipinski definition) is 2. The predicted octanol–water partition coefficient (Wildman–Crippen LogP) is 1.44. The van der Waals surface area contributed by atoms with E-state index < -0.39 is 5.97 Å². The van der Waals surface area contributed by atoms with E-state index in [-0.39, 0.29) is 5.92 Å². The first kappa shape index (κ1) is 15.6. The highest BCUT2D eigenvalue weighted by molar-refractivity contribution is 5.70. The second-order valence-corrected chi connectivity index (χ2v) is 5.22. The number of aryl methyl sites for hydroxylation is 2. The van der Waals surface area contributed by atoms with Crippen LogP contribution in [0.3, 0.4) is 0 Å². The van der Waals surface area contributed by atoms with Crippen molar-refractivity contribution in [3.05, 3.63) is 11.4 Å². The van der Waals surface area contributed by atoms with Crippen molar-refractivity contribution in [3.8, 4) is 0 Å². The SMILES string of the molecule is CCn1nc(C)c(CNCC(CC(C)C)C(=O)O)n1. The van der Waals surface area contributed by atoms with Crippen LogP contribution in [0.4, 0.5) is 0 Å².